The zero-order valence-corrected chi connectivity index (χ0v) is 23.5. The summed E-state index contributed by atoms with van der Waals surface area (Å²) >= 11 is 0. The van der Waals surface area contributed by atoms with E-state index in [1.807, 2.05) is 66.9 Å². The summed E-state index contributed by atoms with van der Waals surface area (Å²) in [7, 11) is -0.432. The van der Waals surface area contributed by atoms with Gasteiger partial charge in [0.15, 0.2) is 17.5 Å². The van der Waals surface area contributed by atoms with Crippen molar-refractivity contribution in [2.45, 2.75) is 38.9 Å². The summed E-state index contributed by atoms with van der Waals surface area (Å²) in [5.74, 6) is 1.70. The lowest BCUT2D eigenvalue weighted by atomic mass is 9.79. The topological polar surface area (TPSA) is 70.0 Å². The molecule has 1 aliphatic rings. The lowest BCUT2D eigenvalue weighted by Crippen LogP contribution is -2.41. The van der Waals surface area contributed by atoms with Crippen LogP contribution in [0.1, 0.15) is 27.7 Å². The molecule has 1 saturated heterocycles. The van der Waals surface area contributed by atoms with Crippen molar-refractivity contribution in [3.63, 3.8) is 0 Å². The van der Waals surface area contributed by atoms with Crippen molar-refractivity contribution in [2.75, 3.05) is 0 Å². The molecule has 0 aliphatic carbocycles. The van der Waals surface area contributed by atoms with E-state index in [-0.39, 0.29) is 0 Å². The predicted molar refractivity (Wildman–Crippen MR) is 165 cm³/mol. The van der Waals surface area contributed by atoms with Gasteiger partial charge in [0, 0.05) is 22.7 Å². The van der Waals surface area contributed by atoms with Crippen LogP contribution < -0.4 is 5.46 Å². The molecule has 2 aromatic heterocycles. The van der Waals surface area contributed by atoms with E-state index in [1.54, 1.807) is 0 Å². The van der Waals surface area contributed by atoms with E-state index in [2.05, 4.69) is 64.1 Å². The van der Waals surface area contributed by atoms with Crippen LogP contribution in [0.2, 0.25) is 0 Å². The van der Waals surface area contributed by atoms with Crippen molar-refractivity contribution >= 4 is 34.1 Å². The van der Waals surface area contributed by atoms with Crippen molar-refractivity contribution in [1.29, 1.82) is 0 Å². The van der Waals surface area contributed by atoms with Gasteiger partial charge >= 0.3 is 7.12 Å². The summed E-state index contributed by atoms with van der Waals surface area (Å²) in [6.45, 7) is 8.23. The standard InChI is InChI=1S/C34H29BN4O2/c1-33(2)34(3,4)41-35(40-33)28-17-15-23(16-18-28)30-37-31(26-14-13-22-9-5-6-10-24(22)19-26)39-32(38-30)29-20-25-11-7-8-12-27(25)21-36-29/h5-21H,1-4H3. The number of hydrogen-bond donors (Lipinski definition) is 0. The van der Waals surface area contributed by atoms with Gasteiger partial charge in [-0.3, -0.25) is 4.98 Å². The van der Waals surface area contributed by atoms with Crippen molar-refractivity contribution < 1.29 is 9.31 Å². The summed E-state index contributed by atoms with van der Waals surface area (Å²) in [6.07, 6.45) is 1.86. The Bertz CT molecular complexity index is 1810. The Hall–Kier alpha value is -4.46. The third-order valence-electron chi connectivity index (χ3n) is 8.20. The Morgan fingerprint density at radius 1 is 0.537 bits per heavy atom. The van der Waals surface area contributed by atoms with Gasteiger partial charge in [-0.2, -0.15) is 0 Å². The minimum atomic E-state index is -0.432. The van der Waals surface area contributed by atoms with Crippen molar-refractivity contribution in [2.24, 2.45) is 0 Å². The smallest absolute Gasteiger partial charge is 0.399 e. The zero-order valence-electron chi connectivity index (χ0n) is 23.5. The highest BCUT2D eigenvalue weighted by molar-refractivity contribution is 6.62. The quantitative estimate of drug-likeness (QED) is 0.229. The summed E-state index contributed by atoms with van der Waals surface area (Å²) in [6, 6.07) is 32.8. The molecule has 7 rings (SSSR count). The molecule has 0 spiro atoms. The summed E-state index contributed by atoms with van der Waals surface area (Å²) in [4.78, 5) is 19.4. The number of pyridine rings is 1. The first kappa shape index (κ1) is 25.5. The van der Waals surface area contributed by atoms with Crippen LogP contribution in [0.15, 0.2) is 103 Å². The normalized spacial score (nSPS) is 16.0. The molecule has 4 aromatic carbocycles. The molecule has 3 heterocycles. The van der Waals surface area contributed by atoms with Gasteiger partial charge in [0.1, 0.15) is 5.69 Å². The molecular formula is C34H29BN4O2. The average molecular weight is 536 g/mol. The molecule has 0 bridgehead atoms. The number of fused-ring (bicyclic) bond motifs is 2. The van der Waals surface area contributed by atoms with Crippen LogP contribution in [0.4, 0.5) is 0 Å². The van der Waals surface area contributed by atoms with Crippen LogP contribution >= 0.6 is 0 Å². The van der Waals surface area contributed by atoms with E-state index >= 15 is 0 Å². The Morgan fingerprint density at radius 3 is 1.76 bits per heavy atom. The zero-order chi connectivity index (χ0) is 28.2. The van der Waals surface area contributed by atoms with Gasteiger partial charge in [0.25, 0.3) is 0 Å². The number of benzene rings is 4. The molecule has 6 aromatic rings. The van der Waals surface area contributed by atoms with Crippen LogP contribution in [0.5, 0.6) is 0 Å². The summed E-state index contributed by atoms with van der Waals surface area (Å²) < 4.78 is 12.5. The molecular weight excluding hydrogens is 507 g/mol. The van der Waals surface area contributed by atoms with Crippen LogP contribution in [0.25, 0.3) is 55.8 Å². The maximum atomic E-state index is 6.25. The molecule has 0 saturated carbocycles. The molecule has 200 valence electrons. The van der Waals surface area contributed by atoms with E-state index < -0.39 is 18.3 Å². The Labute approximate surface area is 239 Å². The number of rotatable bonds is 4. The number of aromatic nitrogens is 4. The molecule has 7 heteroatoms. The van der Waals surface area contributed by atoms with Gasteiger partial charge < -0.3 is 9.31 Å². The first-order valence-electron chi connectivity index (χ1n) is 13.8. The fraction of sp³-hybridized carbons (Fsp3) is 0.176. The Balaban J connectivity index is 1.32. The van der Waals surface area contributed by atoms with Crippen LogP contribution in [-0.2, 0) is 9.31 Å². The van der Waals surface area contributed by atoms with E-state index in [0.717, 1.165) is 32.7 Å². The van der Waals surface area contributed by atoms with Crippen molar-refractivity contribution in [1.82, 2.24) is 19.9 Å². The highest BCUT2D eigenvalue weighted by Crippen LogP contribution is 2.36. The molecule has 1 aliphatic heterocycles. The highest BCUT2D eigenvalue weighted by Gasteiger charge is 2.51. The second-order valence-electron chi connectivity index (χ2n) is 11.5. The maximum Gasteiger partial charge on any atom is 0.494 e. The second kappa shape index (κ2) is 9.58. The second-order valence-corrected chi connectivity index (χ2v) is 11.5. The van der Waals surface area contributed by atoms with E-state index in [0.29, 0.717) is 23.2 Å². The third kappa shape index (κ3) is 4.67. The predicted octanol–water partition coefficient (Wildman–Crippen LogP) is 6.87. The van der Waals surface area contributed by atoms with Gasteiger partial charge in [-0.05, 0) is 61.4 Å². The van der Waals surface area contributed by atoms with Crippen LogP contribution in [-0.4, -0.2) is 38.3 Å². The molecule has 41 heavy (non-hydrogen) atoms. The van der Waals surface area contributed by atoms with E-state index in [9.17, 15) is 0 Å². The lowest BCUT2D eigenvalue weighted by Gasteiger charge is -2.32. The average Bonchev–Trinajstić information content (AvgIpc) is 3.22. The molecule has 6 nitrogen and oxygen atoms in total. The fourth-order valence-corrected chi connectivity index (χ4v) is 5.05. The Kier molecular flexibility index (Phi) is 5.96. The first-order chi connectivity index (χ1) is 19.8. The Morgan fingerprint density at radius 2 is 1.07 bits per heavy atom. The number of hydrogen-bond acceptors (Lipinski definition) is 6. The van der Waals surface area contributed by atoms with Crippen LogP contribution in [0.3, 0.4) is 0 Å². The van der Waals surface area contributed by atoms with Gasteiger partial charge in [-0.25, -0.2) is 15.0 Å². The summed E-state index contributed by atoms with van der Waals surface area (Å²) in [5.41, 5.74) is 2.64. The highest BCUT2D eigenvalue weighted by atomic mass is 16.7. The molecule has 0 atom stereocenters. The molecule has 0 unspecified atom stereocenters. The molecule has 0 N–H and O–H groups in total. The van der Waals surface area contributed by atoms with Crippen molar-refractivity contribution in [3.8, 4) is 34.3 Å². The summed E-state index contributed by atoms with van der Waals surface area (Å²) in [5, 5.41) is 4.45. The first-order valence-corrected chi connectivity index (χ1v) is 13.8. The van der Waals surface area contributed by atoms with Gasteiger partial charge in [-0.15, -0.1) is 0 Å². The lowest BCUT2D eigenvalue weighted by molar-refractivity contribution is 0.00578. The largest absolute Gasteiger partial charge is 0.494 e. The minimum Gasteiger partial charge on any atom is -0.399 e. The van der Waals surface area contributed by atoms with E-state index in [4.69, 9.17) is 29.2 Å². The monoisotopic (exact) mass is 536 g/mol. The van der Waals surface area contributed by atoms with Crippen molar-refractivity contribution in [3.05, 3.63) is 103 Å². The maximum absolute atomic E-state index is 6.25. The third-order valence-corrected chi connectivity index (χ3v) is 8.20. The molecule has 0 amide bonds. The van der Waals surface area contributed by atoms with Crippen LogP contribution in [0, 0.1) is 0 Å². The number of nitrogens with zero attached hydrogens (tertiary/aromatic N) is 4. The van der Waals surface area contributed by atoms with Gasteiger partial charge in [0.05, 0.1) is 11.2 Å². The van der Waals surface area contributed by atoms with Gasteiger partial charge in [-0.1, -0.05) is 84.9 Å². The minimum absolute atomic E-state index is 0.402. The molecule has 0 radical (unpaired) electrons. The van der Waals surface area contributed by atoms with E-state index in [1.165, 1.54) is 5.39 Å². The van der Waals surface area contributed by atoms with Gasteiger partial charge in [0.2, 0.25) is 0 Å². The fourth-order valence-electron chi connectivity index (χ4n) is 5.05. The SMILES string of the molecule is CC1(C)OB(c2ccc(-c3nc(-c4ccc5ccccc5c4)nc(-c4cc5ccccc5cn4)n3)cc2)OC1(C)C. The molecule has 1 fully saturated rings.